The average Bonchev–Trinajstić information content (AvgIpc) is 3.13. The van der Waals surface area contributed by atoms with Crippen LogP contribution < -0.4 is 10.6 Å². The van der Waals surface area contributed by atoms with E-state index in [4.69, 9.17) is 0 Å². The van der Waals surface area contributed by atoms with Gasteiger partial charge in [0.2, 0.25) is 5.91 Å². The van der Waals surface area contributed by atoms with Crippen LogP contribution in [-0.2, 0) is 22.7 Å². The molecule has 1 fully saturated rings. The number of hydrogen-bond donors (Lipinski definition) is 2. The second kappa shape index (κ2) is 8.69. The van der Waals surface area contributed by atoms with Gasteiger partial charge >= 0.3 is 6.03 Å². The molecule has 148 valence electrons. The van der Waals surface area contributed by atoms with E-state index >= 15 is 0 Å². The Labute approximate surface area is 163 Å². The van der Waals surface area contributed by atoms with Crippen LogP contribution >= 0.6 is 0 Å². The number of benzene rings is 1. The number of urea groups is 1. The number of nitrogens with one attached hydrogen (secondary N) is 2. The molecule has 1 atom stereocenters. The lowest BCUT2D eigenvalue weighted by Crippen LogP contribution is -2.33. The lowest BCUT2D eigenvalue weighted by atomic mass is 10.1. The molecule has 0 saturated carbocycles. The molecule has 2 N–H and O–H groups in total. The predicted molar refractivity (Wildman–Crippen MR) is 103 cm³/mol. The Kier molecular flexibility index (Phi) is 6.08. The zero-order valence-electron chi connectivity index (χ0n) is 16.1. The molecule has 1 aliphatic rings. The van der Waals surface area contributed by atoms with Crippen molar-refractivity contribution < 1.29 is 14.4 Å². The number of amides is 4. The highest BCUT2D eigenvalue weighted by Gasteiger charge is 2.37. The molecule has 1 aliphatic heterocycles. The van der Waals surface area contributed by atoms with E-state index in [0.717, 1.165) is 17.0 Å². The molecule has 4 amide bonds. The van der Waals surface area contributed by atoms with Crippen molar-refractivity contribution in [3.63, 3.8) is 0 Å². The molecule has 28 heavy (non-hydrogen) atoms. The Morgan fingerprint density at radius 1 is 1.21 bits per heavy atom. The maximum Gasteiger partial charge on any atom is 0.325 e. The molecule has 8 heteroatoms. The van der Waals surface area contributed by atoms with Crippen LogP contribution in [0.4, 0.5) is 4.79 Å². The summed E-state index contributed by atoms with van der Waals surface area (Å²) in [4.78, 5) is 37.8. The summed E-state index contributed by atoms with van der Waals surface area (Å²) in [5.41, 5.74) is 2.87. The fourth-order valence-corrected chi connectivity index (χ4v) is 3.25. The Hall–Kier alpha value is -3.16. The van der Waals surface area contributed by atoms with Crippen LogP contribution in [0.15, 0.2) is 36.4 Å². The van der Waals surface area contributed by atoms with Gasteiger partial charge in [-0.2, -0.15) is 5.10 Å². The Morgan fingerprint density at radius 2 is 1.96 bits per heavy atom. The van der Waals surface area contributed by atoms with Crippen molar-refractivity contribution in [1.82, 2.24) is 25.3 Å². The van der Waals surface area contributed by atoms with E-state index in [-0.39, 0.29) is 31.2 Å². The normalized spacial score (nSPS) is 16.4. The van der Waals surface area contributed by atoms with Gasteiger partial charge in [-0.05, 0) is 31.9 Å². The zero-order chi connectivity index (χ0) is 20.1. The van der Waals surface area contributed by atoms with Crippen LogP contribution in [-0.4, -0.2) is 45.1 Å². The van der Waals surface area contributed by atoms with Crippen molar-refractivity contribution in [2.45, 2.75) is 45.8 Å². The van der Waals surface area contributed by atoms with Gasteiger partial charge in [0.25, 0.3) is 5.91 Å². The summed E-state index contributed by atoms with van der Waals surface area (Å²) < 4.78 is 1.85. The molecule has 3 rings (SSSR count). The van der Waals surface area contributed by atoms with Gasteiger partial charge in [0.1, 0.15) is 6.04 Å². The van der Waals surface area contributed by atoms with Gasteiger partial charge in [-0.1, -0.05) is 30.3 Å². The highest BCUT2D eigenvalue weighted by atomic mass is 16.2. The summed E-state index contributed by atoms with van der Waals surface area (Å²) in [5.74, 6) is -0.436. The van der Waals surface area contributed by atoms with Crippen LogP contribution in [0, 0.1) is 13.8 Å². The molecule has 0 radical (unpaired) electrons. The quantitative estimate of drug-likeness (QED) is 0.676. The SMILES string of the molecule is Cc1cc(C)n(CCNC(=O)CC[C@H]2NC(=O)N(Cc3ccccc3)C2=O)n1. The maximum atomic E-state index is 12.5. The van der Waals surface area contributed by atoms with E-state index < -0.39 is 12.1 Å². The third kappa shape index (κ3) is 4.76. The molecule has 0 unspecified atom stereocenters. The van der Waals surface area contributed by atoms with Crippen molar-refractivity contribution in [2.75, 3.05) is 6.54 Å². The van der Waals surface area contributed by atoms with Gasteiger partial charge in [0.05, 0.1) is 18.8 Å². The smallest absolute Gasteiger partial charge is 0.325 e. The van der Waals surface area contributed by atoms with E-state index in [1.165, 1.54) is 4.90 Å². The van der Waals surface area contributed by atoms with Crippen molar-refractivity contribution in [3.8, 4) is 0 Å². The number of hydrogen-bond acceptors (Lipinski definition) is 4. The molecule has 0 aliphatic carbocycles. The first-order chi connectivity index (χ1) is 13.4. The van der Waals surface area contributed by atoms with Crippen molar-refractivity contribution in [1.29, 1.82) is 0 Å². The van der Waals surface area contributed by atoms with E-state index in [1.54, 1.807) is 0 Å². The molecule has 1 aromatic heterocycles. The minimum atomic E-state index is -0.655. The highest BCUT2D eigenvalue weighted by Crippen LogP contribution is 2.15. The standard InChI is InChI=1S/C20H25N5O3/c1-14-12-15(2)25(23-14)11-10-21-18(26)9-8-17-19(27)24(20(28)22-17)13-16-6-4-3-5-7-16/h3-7,12,17H,8-11,13H2,1-2H3,(H,21,26)(H,22,28)/t17-/m1/s1. The first kappa shape index (κ1) is 19.6. The maximum absolute atomic E-state index is 12.5. The Morgan fingerprint density at radius 3 is 2.64 bits per heavy atom. The first-order valence-electron chi connectivity index (χ1n) is 9.37. The van der Waals surface area contributed by atoms with Crippen LogP contribution in [0.3, 0.4) is 0 Å². The Balaban J connectivity index is 1.42. The summed E-state index contributed by atoms with van der Waals surface area (Å²) in [6.07, 6.45) is 0.453. The molecule has 2 aromatic rings. The molecule has 2 heterocycles. The van der Waals surface area contributed by atoms with Gasteiger partial charge in [-0.3, -0.25) is 19.2 Å². The summed E-state index contributed by atoms with van der Waals surface area (Å²) in [6.45, 7) is 5.19. The van der Waals surface area contributed by atoms with Gasteiger partial charge in [-0.15, -0.1) is 0 Å². The number of imide groups is 1. The molecule has 8 nitrogen and oxygen atoms in total. The highest BCUT2D eigenvalue weighted by molar-refractivity contribution is 6.04. The monoisotopic (exact) mass is 383 g/mol. The van der Waals surface area contributed by atoms with Gasteiger partial charge in [0.15, 0.2) is 0 Å². The van der Waals surface area contributed by atoms with Crippen LogP contribution in [0.25, 0.3) is 0 Å². The van der Waals surface area contributed by atoms with Gasteiger partial charge in [-0.25, -0.2) is 4.79 Å². The number of carbonyl (C=O) groups excluding carboxylic acids is 3. The van der Waals surface area contributed by atoms with Crippen LogP contribution in [0.5, 0.6) is 0 Å². The van der Waals surface area contributed by atoms with Crippen molar-refractivity contribution in [2.24, 2.45) is 0 Å². The van der Waals surface area contributed by atoms with Crippen LogP contribution in [0.1, 0.15) is 29.8 Å². The second-order valence-corrected chi connectivity index (χ2v) is 6.95. The van der Waals surface area contributed by atoms with E-state index in [0.29, 0.717) is 13.1 Å². The lowest BCUT2D eigenvalue weighted by molar-refractivity contribution is -0.128. The van der Waals surface area contributed by atoms with Gasteiger partial charge in [0, 0.05) is 18.7 Å². The van der Waals surface area contributed by atoms with E-state index in [2.05, 4.69) is 15.7 Å². The summed E-state index contributed by atoms with van der Waals surface area (Å²) >= 11 is 0. The molecule has 0 bridgehead atoms. The largest absolute Gasteiger partial charge is 0.354 e. The summed E-state index contributed by atoms with van der Waals surface area (Å²) in [5, 5.41) is 9.84. The topological polar surface area (TPSA) is 96.3 Å². The first-order valence-corrected chi connectivity index (χ1v) is 9.37. The van der Waals surface area contributed by atoms with E-state index in [1.807, 2.05) is 54.9 Å². The molecular formula is C20H25N5O3. The lowest BCUT2D eigenvalue weighted by Gasteiger charge is -2.13. The van der Waals surface area contributed by atoms with Crippen LogP contribution in [0.2, 0.25) is 0 Å². The molecule has 1 aromatic carbocycles. The van der Waals surface area contributed by atoms with Crippen molar-refractivity contribution >= 4 is 17.8 Å². The van der Waals surface area contributed by atoms with E-state index in [9.17, 15) is 14.4 Å². The number of aromatic nitrogens is 2. The number of carbonyl (C=O) groups is 3. The second-order valence-electron chi connectivity index (χ2n) is 6.95. The summed E-state index contributed by atoms with van der Waals surface area (Å²) in [7, 11) is 0. The zero-order valence-corrected chi connectivity index (χ0v) is 16.1. The van der Waals surface area contributed by atoms with Crippen molar-refractivity contribution in [3.05, 3.63) is 53.3 Å². The minimum absolute atomic E-state index is 0.148. The molecule has 0 spiro atoms. The fourth-order valence-electron chi connectivity index (χ4n) is 3.25. The summed E-state index contributed by atoms with van der Waals surface area (Å²) in [6, 6.07) is 10.3. The Bertz CT molecular complexity index is 862. The predicted octanol–water partition coefficient (Wildman–Crippen LogP) is 1.52. The average molecular weight is 383 g/mol. The third-order valence-corrected chi connectivity index (χ3v) is 4.70. The number of rotatable bonds is 8. The fraction of sp³-hybridized carbons (Fsp3) is 0.400. The minimum Gasteiger partial charge on any atom is -0.354 e. The third-order valence-electron chi connectivity index (χ3n) is 4.70. The number of aryl methyl sites for hydroxylation is 2. The van der Waals surface area contributed by atoms with Gasteiger partial charge < -0.3 is 10.6 Å². The molecular weight excluding hydrogens is 358 g/mol. The number of nitrogens with zero attached hydrogens (tertiary/aromatic N) is 3. The molecule has 1 saturated heterocycles.